The van der Waals surface area contributed by atoms with Crippen molar-refractivity contribution in [3.63, 3.8) is 0 Å². The van der Waals surface area contributed by atoms with Crippen molar-refractivity contribution in [2.24, 2.45) is 5.92 Å². The van der Waals surface area contributed by atoms with E-state index < -0.39 is 27.6 Å². The van der Waals surface area contributed by atoms with Gasteiger partial charge in [-0.05, 0) is 43.0 Å². The zero-order chi connectivity index (χ0) is 24.3. The maximum Gasteiger partial charge on any atom is 0.264 e. The van der Waals surface area contributed by atoms with Gasteiger partial charge in [-0.15, -0.1) is 0 Å². The summed E-state index contributed by atoms with van der Waals surface area (Å²) in [5, 5.41) is 0. The molecule has 1 saturated carbocycles. The molecule has 1 amide bonds. The third kappa shape index (κ3) is 6.28. The predicted molar refractivity (Wildman–Crippen MR) is 121 cm³/mol. The van der Waals surface area contributed by atoms with Gasteiger partial charge < -0.3 is 9.47 Å². The summed E-state index contributed by atoms with van der Waals surface area (Å²) in [6.45, 7) is 0.400. The fourth-order valence-corrected chi connectivity index (χ4v) is 3.59. The molecule has 0 atom stereocenters. The minimum atomic E-state index is -3.76. The van der Waals surface area contributed by atoms with Gasteiger partial charge in [0, 0.05) is 22.8 Å². The maximum absolute atomic E-state index is 14.6. The van der Waals surface area contributed by atoms with Crippen LogP contribution in [0.25, 0.3) is 11.3 Å². The van der Waals surface area contributed by atoms with Crippen molar-refractivity contribution < 1.29 is 31.5 Å². The SMILES string of the molecule is CS(=O)(=O)NC(=O)c1ccc(COc2cccc(-c3ncc(OCC4CC4)cc3F)c2)c(F)c1. The van der Waals surface area contributed by atoms with E-state index in [1.54, 1.807) is 29.0 Å². The molecule has 1 heterocycles. The van der Waals surface area contributed by atoms with E-state index in [4.69, 9.17) is 9.47 Å². The quantitative estimate of drug-likeness (QED) is 0.488. The van der Waals surface area contributed by atoms with E-state index >= 15 is 0 Å². The van der Waals surface area contributed by atoms with Gasteiger partial charge in [0.2, 0.25) is 10.0 Å². The summed E-state index contributed by atoms with van der Waals surface area (Å²) in [6.07, 6.45) is 4.57. The van der Waals surface area contributed by atoms with E-state index in [0.29, 0.717) is 29.6 Å². The lowest BCUT2D eigenvalue weighted by molar-refractivity contribution is 0.0981. The lowest BCUT2D eigenvalue weighted by atomic mass is 10.1. The number of halogens is 2. The molecule has 7 nitrogen and oxygen atoms in total. The van der Waals surface area contributed by atoms with Crippen molar-refractivity contribution in [3.8, 4) is 22.8 Å². The first kappa shape index (κ1) is 23.6. The fourth-order valence-electron chi connectivity index (χ4n) is 3.14. The largest absolute Gasteiger partial charge is 0.492 e. The smallest absolute Gasteiger partial charge is 0.264 e. The molecule has 0 spiro atoms. The average molecular weight is 489 g/mol. The number of pyridine rings is 1. The van der Waals surface area contributed by atoms with Crippen molar-refractivity contribution >= 4 is 15.9 Å². The summed E-state index contributed by atoms with van der Waals surface area (Å²) in [7, 11) is -3.76. The van der Waals surface area contributed by atoms with Crippen molar-refractivity contribution in [2.75, 3.05) is 12.9 Å². The zero-order valence-corrected chi connectivity index (χ0v) is 19.1. The van der Waals surface area contributed by atoms with Crippen molar-refractivity contribution in [2.45, 2.75) is 19.4 Å². The van der Waals surface area contributed by atoms with Crippen molar-refractivity contribution in [1.29, 1.82) is 0 Å². The highest BCUT2D eigenvalue weighted by atomic mass is 32.2. The topological polar surface area (TPSA) is 94.6 Å². The number of nitrogens with one attached hydrogen (secondary N) is 1. The normalized spacial score (nSPS) is 13.4. The van der Waals surface area contributed by atoms with E-state index in [1.807, 2.05) is 0 Å². The highest BCUT2D eigenvalue weighted by molar-refractivity contribution is 7.89. The number of amides is 1. The molecule has 1 N–H and O–H groups in total. The molecule has 0 bridgehead atoms. The molecule has 0 saturated heterocycles. The summed E-state index contributed by atoms with van der Waals surface area (Å²) in [4.78, 5) is 16.0. The Morgan fingerprint density at radius 2 is 1.85 bits per heavy atom. The number of benzene rings is 2. The first-order valence-corrected chi connectivity index (χ1v) is 12.4. The maximum atomic E-state index is 14.6. The van der Waals surface area contributed by atoms with Gasteiger partial charge in [-0.1, -0.05) is 18.2 Å². The molecule has 4 rings (SSSR count). The zero-order valence-electron chi connectivity index (χ0n) is 18.3. The number of aromatic nitrogens is 1. The average Bonchev–Trinajstić information content (AvgIpc) is 3.60. The summed E-state index contributed by atoms with van der Waals surface area (Å²) >= 11 is 0. The van der Waals surface area contributed by atoms with E-state index in [-0.39, 0.29) is 23.4 Å². The Bertz CT molecular complexity index is 1330. The van der Waals surface area contributed by atoms with Crippen LogP contribution in [0.3, 0.4) is 0 Å². The Balaban J connectivity index is 1.42. The highest BCUT2D eigenvalue weighted by Crippen LogP contribution is 2.31. The molecule has 1 fully saturated rings. The lowest BCUT2D eigenvalue weighted by Crippen LogP contribution is -2.29. The summed E-state index contributed by atoms with van der Waals surface area (Å²) in [5.74, 6) is -0.899. The molecule has 3 aromatic rings. The Labute approximate surface area is 195 Å². The van der Waals surface area contributed by atoms with Gasteiger partial charge >= 0.3 is 0 Å². The first-order valence-electron chi connectivity index (χ1n) is 10.5. The molecule has 34 heavy (non-hydrogen) atoms. The summed E-state index contributed by atoms with van der Waals surface area (Å²) in [6, 6.07) is 11.4. The predicted octanol–water partition coefficient (Wildman–Crippen LogP) is 4.08. The third-order valence-corrected chi connectivity index (χ3v) is 5.65. The van der Waals surface area contributed by atoms with Crippen LogP contribution in [-0.4, -0.2) is 32.2 Å². The summed E-state index contributed by atoms with van der Waals surface area (Å²) < 4.78 is 64.3. The van der Waals surface area contributed by atoms with Gasteiger partial charge in [0.05, 0.1) is 19.1 Å². The molecule has 1 aliphatic rings. The van der Waals surface area contributed by atoms with Crippen LogP contribution >= 0.6 is 0 Å². The second-order valence-electron chi connectivity index (χ2n) is 8.08. The van der Waals surface area contributed by atoms with Gasteiger partial charge in [-0.2, -0.15) is 0 Å². The summed E-state index contributed by atoms with van der Waals surface area (Å²) in [5.41, 5.74) is 0.635. The minimum absolute atomic E-state index is 0.136. The number of hydrogen-bond acceptors (Lipinski definition) is 6. The molecule has 0 aliphatic heterocycles. The van der Waals surface area contributed by atoms with Crippen LogP contribution in [0, 0.1) is 17.6 Å². The molecule has 10 heteroatoms. The monoisotopic (exact) mass is 488 g/mol. The van der Waals surface area contributed by atoms with Crippen molar-refractivity contribution in [1.82, 2.24) is 9.71 Å². The van der Waals surface area contributed by atoms with Crippen molar-refractivity contribution in [3.05, 3.63) is 77.5 Å². The first-order chi connectivity index (χ1) is 16.2. The Morgan fingerprint density at radius 1 is 1.06 bits per heavy atom. The van der Waals surface area contributed by atoms with Crippen LogP contribution in [-0.2, 0) is 16.6 Å². The van der Waals surface area contributed by atoms with Gasteiger partial charge in [0.25, 0.3) is 5.91 Å². The van der Waals surface area contributed by atoms with Gasteiger partial charge in [0.1, 0.15) is 29.6 Å². The van der Waals surface area contributed by atoms with Gasteiger partial charge in [-0.25, -0.2) is 26.9 Å². The number of sulfonamides is 1. The van der Waals surface area contributed by atoms with Crippen LogP contribution in [0.5, 0.6) is 11.5 Å². The molecular formula is C24H22F2N2O5S. The molecular weight excluding hydrogens is 466 g/mol. The Hall–Kier alpha value is -3.53. The number of nitrogens with zero attached hydrogens (tertiary/aromatic N) is 1. The number of carbonyl (C=O) groups is 1. The second kappa shape index (κ2) is 9.76. The van der Waals surface area contributed by atoms with Crippen LogP contribution in [0.2, 0.25) is 0 Å². The van der Waals surface area contributed by atoms with Crippen LogP contribution in [0.15, 0.2) is 54.7 Å². The van der Waals surface area contributed by atoms with Crippen LogP contribution in [0.1, 0.15) is 28.8 Å². The highest BCUT2D eigenvalue weighted by Gasteiger charge is 2.22. The molecule has 0 unspecified atom stereocenters. The van der Waals surface area contributed by atoms with Crippen LogP contribution < -0.4 is 14.2 Å². The van der Waals surface area contributed by atoms with Gasteiger partial charge in [-0.3, -0.25) is 4.79 Å². The second-order valence-corrected chi connectivity index (χ2v) is 9.83. The van der Waals surface area contributed by atoms with E-state index in [0.717, 1.165) is 25.2 Å². The van der Waals surface area contributed by atoms with E-state index in [2.05, 4.69) is 4.98 Å². The fraction of sp³-hybridized carbons (Fsp3) is 0.250. The number of rotatable bonds is 9. The third-order valence-electron chi connectivity index (χ3n) is 5.09. The standard InChI is InChI=1S/C24H22F2N2O5S/c1-34(30,31)28-24(29)17-7-8-18(21(25)10-17)14-33-19-4-2-3-16(9-19)23-22(26)11-20(12-27-23)32-13-15-5-6-15/h2-4,7-12,15H,5-6,13-14H2,1H3,(H,28,29). The van der Waals surface area contributed by atoms with E-state index in [1.165, 1.54) is 24.4 Å². The molecule has 2 aromatic carbocycles. The van der Waals surface area contributed by atoms with Crippen LogP contribution in [0.4, 0.5) is 8.78 Å². The lowest BCUT2D eigenvalue weighted by Gasteiger charge is -2.11. The van der Waals surface area contributed by atoms with E-state index in [9.17, 15) is 22.0 Å². The number of carbonyl (C=O) groups excluding carboxylic acids is 1. The Morgan fingerprint density at radius 3 is 2.53 bits per heavy atom. The molecule has 1 aliphatic carbocycles. The Kier molecular flexibility index (Phi) is 6.78. The molecule has 1 aromatic heterocycles. The molecule has 178 valence electrons. The molecule has 0 radical (unpaired) electrons. The minimum Gasteiger partial charge on any atom is -0.492 e. The number of hydrogen-bond donors (Lipinski definition) is 1. The number of ether oxygens (including phenoxy) is 2. The van der Waals surface area contributed by atoms with Gasteiger partial charge in [0.15, 0.2) is 5.82 Å².